The van der Waals surface area contributed by atoms with E-state index in [-0.39, 0.29) is 11.7 Å². The Hall–Kier alpha value is -0.430. The van der Waals surface area contributed by atoms with Crippen LogP contribution in [0.4, 0.5) is 13.2 Å². The molecule has 0 aromatic heterocycles. The number of carbonyl (C=O) groups excluding carboxylic acids is 1. The Bertz CT molecular complexity index is 347. The maximum absolute atomic E-state index is 12.2. The molecule has 0 aromatic rings. The minimum absolute atomic E-state index is 0.126. The van der Waals surface area contributed by atoms with Crippen molar-refractivity contribution in [1.82, 2.24) is 4.90 Å². The highest BCUT2D eigenvalue weighted by Gasteiger charge is 2.38. The highest BCUT2D eigenvalue weighted by Crippen LogP contribution is 2.28. The van der Waals surface area contributed by atoms with Crippen LogP contribution in [0.15, 0.2) is 0 Å². The maximum atomic E-state index is 12.2. The molecule has 0 saturated carbocycles. The van der Waals surface area contributed by atoms with Crippen molar-refractivity contribution < 1.29 is 23.1 Å². The molecule has 1 atom stereocenters. The van der Waals surface area contributed by atoms with Crippen LogP contribution in [0.2, 0.25) is 0 Å². The summed E-state index contributed by atoms with van der Waals surface area (Å²) in [5.41, 5.74) is -0.390. The monoisotopic (exact) mass is 327 g/mol. The van der Waals surface area contributed by atoms with Gasteiger partial charge in [-0.15, -0.1) is 0 Å². The quantitative estimate of drug-likeness (QED) is 0.863. The summed E-state index contributed by atoms with van der Waals surface area (Å²) in [5.74, 6) is 0.732. The van der Waals surface area contributed by atoms with E-state index in [0.717, 1.165) is 24.6 Å². The van der Waals surface area contributed by atoms with Crippen molar-refractivity contribution in [3.8, 4) is 0 Å². The smallest absolute Gasteiger partial charge is 0.383 e. The summed E-state index contributed by atoms with van der Waals surface area (Å²) in [4.78, 5) is 13.9. The van der Waals surface area contributed by atoms with Crippen molar-refractivity contribution in [2.75, 3.05) is 24.6 Å². The molecule has 21 heavy (non-hydrogen) atoms. The number of likely N-dealkylation sites (tertiary alicyclic amines) is 1. The molecule has 124 valence electrons. The molecule has 3 nitrogen and oxygen atoms in total. The third-order valence-electron chi connectivity index (χ3n) is 3.55. The van der Waals surface area contributed by atoms with Gasteiger partial charge in [-0.3, -0.25) is 4.79 Å². The van der Waals surface area contributed by atoms with Gasteiger partial charge in [-0.05, 0) is 24.5 Å². The number of nitrogens with zero attached hydrogens (tertiary/aromatic N) is 1. The molecular weight excluding hydrogens is 303 g/mol. The zero-order chi connectivity index (χ0) is 16.3. The summed E-state index contributed by atoms with van der Waals surface area (Å²) in [6, 6.07) is 0. The van der Waals surface area contributed by atoms with Crippen LogP contribution in [0.5, 0.6) is 0 Å². The Kier molecular flexibility index (Phi) is 6.40. The molecule has 0 radical (unpaired) electrons. The van der Waals surface area contributed by atoms with E-state index >= 15 is 0 Å². The number of amides is 1. The van der Waals surface area contributed by atoms with Gasteiger partial charge in [0.1, 0.15) is 0 Å². The van der Waals surface area contributed by atoms with Gasteiger partial charge in [-0.2, -0.15) is 24.9 Å². The zero-order valence-electron chi connectivity index (χ0n) is 12.7. The Morgan fingerprint density at radius 1 is 1.29 bits per heavy atom. The van der Waals surface area contributed by atoms with Crippen molar-refractivity contribution >= 4 is 17.7 Å². The fourth-order valence-corrected chi connectivity index (χ4v) is 3.43. The summed E-state index contributed by atoms with van der Waals surface area (Å²) in [5, 5.41) is 8.92. The van der Waals surface area contributed by atoms with Gasteiger partial charge in [-0.25, -0.2) is 0 Å². The predicted octanol–water partition coefficient (Wildman–Crippen LogP) is 2.93. The molecule has 1 fully saturated rings. The van der Waals surface area contributed by atoms with Gasteiger partial charge >= 0.3 is 6.18 Å². The normalized spacial score (nSPS) is 19.7. The van der Waals surface area contributed by atoms with Crippen LogP contribution in [0.1, 0.15) is 33.6 Å². The van der Waals surface area contributed by atoms with E-state index in [9.17, 15) is 18.0 Å². The summed E-state index contributed by atoms with van der Waals surface area (Å²) >= 11 is 1.14. The average molecular weight is 327 g/mol. The number of piperidine rings is 1. The van der Waals surface area contributed by atoms with Crippen LogP contribution in [0, 0.1) is 11.3 Å². The van der Waals surface area contributed by atoms with Crippen molar-refractivity contribution in [3.63, 3.8) is 0 Å². The average Bonchev–Trinajstić information content (AvgIpc) is 2.36. The number of hydrogen-bond acceptors (Lipinski definition) is 3. The Morgan fingerprint density at radius 2 is 1.81 bits per heavy atom. The first-order chi connectivity index (χ1) is 9.51. The van der Waals surface area contributed by atoms with Crippen LogP contribution in [-0.2, 0) is 4.79 Å². The summed E-state index contributed by atoms with van der Waals surface area (Å²) < 4.78 is 36.5. The second-order valence-corrected chi connectivity index (χ2v) is 7.66. The minimum Gasteiger partial charge on any atom is -0.383 e. The highest BCUT2D eigenvalue weighted by atomic mass is 32.2. The van der Waals surface area contributed by atoms with Crippen molar-refractivity contribution in [1.29, 1.82) is 0 Å². The highest BCUT2D eigenvalue weighted by molar-refractivity contribution is 7.99. The molecular formula is C14H24F3NO2S. The van der Waals surface area contributed by atoms with Gasteiger partial charge in [0.05, 0.1) is 0 Å². The van der Waals surface area contributed by atoms with Gasteiger partial charge in [-0.1, -0.05) is 20.8 Å². The molecule has 1 aliphatic rings. The molecule has 0 unspecified atom stereocenters. The summed E-state index contributed by atoms with van der Waals surface area (Å²) in [6.07, 6.45) is -5.14. The third-order valence-corrected chi connectivity index (χ3v) is 4.81. The van der Waals surface area contributed by atoms with Crippen LogP contribution in [-0.4, -0.2) is 52.8 Å². The van der Waals surface area contributed by atoms with Crippen molar-refractivity contribution in [2.24, 2.45) is 11.3 Å². The molecule has 0 aliphatic carbocycles. The topological polar surface area (TPSA) is 40.5 Å². The molecule has 0 bridgehead atoms. The lowest BCUT2D eigenvalue weighted by atomic mass is 9.92. The Labute approximate surface area is 128 Å². The van der Waals surface area contributed by atoms with Gasteiger partial charge < -0.3 is 10.0 Å². The summed E-state index contributed by atoms with van der Waals surface area (Å²) in [6.45, 7) is 6.99. The van der Waals surface area contributed by atoms with E-state index in [1.54, 1.807) is 0 Å². The number of alkyl halides is 3. The fraction of sp³-hybridized carbons (Fsp3) is 0.929. The lowest BCUT2D eigenvalue weighted by Gasteiger charge is -2.35. The largest absolute Gasteiger partial charge is 0.415 e. The lowest BCUT2D eigenvalue weighted by molar-refractivity contribution is -0.195. The van der Waals surface area contributed by atoms with Crippen LogP contribution < -0.4 is 0 Å². The van der Waals surface area contributed by atoms with Gasteiger partial charge in [0.25, 0.3) is 0 Å². The number of thioether (sulfide) groups is 1. The second-order valence-electron chi connectivity index (χ2n) is 6.58. The zero-order valence-corrected chi connectivity index (χ0v) is 13.6. The molecule has 1 rings (SSSR count). The standard InChI is InChI=1S/C14H24F3NO2S/c1-13(2,3)12(20)18-6-4-10(5-7-18)8-21-9-11(19)14(15,16)17/h10-11,19H,4-9H2,1-3H3/t11-/m1/s1. The molecule has 7 heteroatoms. The molecule has 1 saturated heterocycles. The van der Waals surface area contributed by atoms with Gasteiger partial charge in [0.2, 0.25) is 5.91 Å². The van der Waals surface area contributed by atoms with Gasteiger partial charge in [0, 0.05) is 24.3 Å². The SMILES string of the molecule is CC(C)(C)C(=O)N1CCC(CSC[C@@H](O)C(F)(F)F)CC1. The first-order valence-electron chi connectivity index (χ1n) is 7.13. The number of rotatable bonds is 4. The van der Waals surface area contributed by atoms with Crippen LogP contribution >= 0.6 is 11.8 Å². The number of aliphatic hydroxyl groups excluding tert-OH is 1. The molecule has 1 aliphatic heterocycles. The predicted molar refractivity (Wildman–Crippen MR) is 78.1 cm³/mol. The molecule has 0 aromatic carbocycles. The van der Waals surface area contributed by atoms with Crippen molar-refractivity contribution in [3.05, 3.63) is 0 Å². The first-order valence-corrected chi connectivity index (χ1v) is 8.29. The Morgan fingerprint density at radius 3 is 2.24 bits per heavy atom. The molecule has 1 N–H and O–H groups in total. The van der Waals surface area contributed by atoms with E-state index in [2.05, 4.69) is 0 Å². The van der Waals surface area contributed by atoms with E-state index < -0.39 is 17.7 Å². The van der Waals surface area contributed by atoms with Crippen LogP contribution in [0.25, 0.3) is 0 Å². The Balaban J connectivity index is 2.27. The van der Waals surface area contributed by atoms with E-state index in [4.69, 9.17) is 5.11 Å². The van der Waals surface area contributed by atoms with E-state index in [1.165, 1.54) is 0 Å². The molecule has 1 heterocycles. The number of aliphatic hydroxyl groups is 1. The van der Waals surface area contributed by atoms with E-state index in [0.29, 0.717) is 24.8 Å². The molecule has 0 spiro atoms. The summed E-state index contributed by atoms with van der Waals surface area (Å²) in [7, 11) is 0. The number of carbonyl (C=O) groups is 1. The second kappa shape index (κ2) is 7.22. The first kappa shape index (κ1) is 18.6. The minimum atomic E-state index is -4.53. The number of hydrogen-bond donors (Lipinski definition) is 1. The number of halogens is 3. The lowest BCUT2D eigenvalue weighted by Crippen LogP contribution is -2.44. The van der Waals surface area contributed by atoms with Gasteiger partial charge in [0.15, 0.2) is 6.10 Å². The van der Waals surface area contributed by atoms with Crippen LogP contribution in [0.3, 0.4) is 0 Å². The van der Waals surface area contributed by atoms with E-state index in [1.807, 2.05) is 25.7 Å². The van der Waals surface area contributed by atoms with Crippen molar-refractivity contribution in [2.45, 2.75) is 45.9 Å². The third kappa shape index (κ3) is 6.06. The molecule has 1 amide bonds. The maximum Gasteiger partial charge on any atom is 0.415 e. The fourth-order valence-electron chi connectivity index (χ4n) is 2.22.